The van der Waals surface area contributed by atoms with Crippen LogP contribution in [0.1, 0.15) is 54.9 Å². The summed E-state index contributed by atoms with van der Waals surface area (Å²) in [6, 6.07) is 6.67. The third-order valence-electron chi connectivity index (χ3n) is 2.91. The maximum absolute atomic E-state index is 11.3. The first-order valence-corrected chi connectivity index (χ1v) is 6.69. The van der Waals surface area contributed by atoms with Gasteiger partial charge in [0.15, 0.2) is 11.9 Å². The van der Waals surface area contributed by atoms with Crippen molar-refractivity contribution >= 4 is 5.97 Å². The van der Waals surface area contributed by atoms with Crippen LogP contribution in [0.25, 0.3) is 0 Å². The van der Waals surface area contributed by atoms with Gasteiger partial charge in [0, 0.05) is 5.92 Å². The van der Waals surface area contributed by atoms with E-state index in [1.165, 1.54) is 7.11 Å². The predicted molar refractivity (Wildman–Crippen MR) is 75.2 cm³/mol. The molecule has 1 aromatic carbocycles. The number of nitrogens with zero attached hydrogens (tertiary/aromatic N) is 2. The Morgan fingerprint density at radius 3 is 2.38 bits per heavy atom. The molecule has 2 rings (SSSR count). The van der Waals surface area contributed by atoms with E-state index in [2.05, 4.69) is 14.9 Å². The van der Waals surface area contributed by atoms with Gasteiger partial charge in [-0.2, -0.15) is 4.98 Å². The fourth-order valence-corrected chi connectivity index (χ4v) is 1.69. The fraction of sp³-hybridized carbons (Fsp3) is 0.400. The first kappa shape index (κ1) is 15.0. The first-order chi connectivity index (χ1) is 10.0. The molecule has 0 radical (unpaired) electrons. The lowest BCUT2D eigenvalue weighted by Crippen LogP contribution is -2.05. The van der Waals surface area contributed by atoms with Gasteiger partial charge >= 0.3 is 5.97 Å². The van der Waals surface area contributed by atoms with Gasteiger partial charge in [0.1, 0.15) is 5.75 Å². The van der Waals surface area contributed by atoms with Gasteiger partial charge in [0.25, 0.3) is 5.89 Å². The van der Waals surface area contributed by atoms with E-state index in [1.54, 1.807) is 24.3 Å². The van der Waals surface area contributed by atoms with Gasteiger partial charge in [-0.05, 0) is 31.2 Å². The molecule has 1 unspecified atom stereocenters. The van der Waals surface area contributed by atoms with E-state index < -0.39 is 0 Å². The van der Waals surface area contributed by atoms with Gasteiger partial charge in [0.2, 0.25) is 0 Å². The molecule has 0 bridgehead atoms. The lowest BCUT2D eigenvalue weighted by atomic mass is 10.2. The highest BCUT2D eigenvalue weighted by molar-refractivity contribution is 5.89. The molecule has 1 heterocycles. The minimum absolute atomic E-state index is 0.203. The van der Waals surface area contributed by atoms with Crippen molar-refractivity contribution in [3.8, 4) is 5.75 Å². The number of methoxy groups -OCH3 is 1. The van der Waals surface area contributed by atoms with Crippen molar-refractivity contribution in [1.29, 1.82) is 0 Å². The molecule has 6 heteroatoms. The van der Waals surface area contributed by atoms with Crippen LogP contribution in [0.2, 0.25) is 0 Å². The van der Waals surface area contributed by atoms with Gasteiger partial charge in [-0.15, -0.1) is 0 Å². The molecule has 0 saturated carbocycles. The molecule has 0 aliphatic rings. The van der Waals surface area contributed by atoms with Crippen LogP contribution < -0.4 is 4.74 Å². The molecule has 0 saturated heterocycles. The van der Waals surface area contributed by atoms with E-state index in [0.717, 1.165) is 0 Å². The summed E-state index contributed by atoms with van der Waals surface area (Å²) in [6.07, 6.45) is -0.367. The molecular formula is C15H18N2O4. The third-order valence-corrected chi connectivity index (χ3v) is 2.91. The molecule has 1 atom stereocenters. The summed E-state index contributed by atoms with van der Waals surface area (Å²) in [5.74, 6) is 1.51. The average Bonchev–Trinajstić information content (AvgIpc) is 2.97. The number of aromatic nitrogens is 2. The zero-order valence-electron chi connectivity index (χ0n) is 12.5. The van der Waals surface area contributed by atoms with Gasteiger partial charge in [-0.3, -0.25) is 0 Å². The van der Waals surface area contributed by atoms with Crippen LogP contribution >= 0.6 is 0 Å². The number of esters is 1. The van der Waals surface area contributed by atoms with Crippen molar-refractivity contribution in [2.75, 3.05) is 7.11 Å². The topological polar surface area (TPSA) is 74.5 Å². The second-order valence-electron chi connectivity index (χ2n) is 4.92. The number of hydrogen-bond donors (Lipinski definition) is 0. The molecule has 0 amide bonds. The lowest BCUT2D eigenvalue weighted by molar-refractivity contribution is 0.0600. The quantitative estimate of drug-likeness (QED) is 0.788. The third kappa shape index (κ3) is 3.59. The zero-order valence-corrected chi connectivity index (χ0v) is 12.5. The standard InChI is InChI=1S/C15H18N2O4/c1-9(2)13-16-14(21-17-13)10(3)20-12-7-5-11(6-8-12)15(18)19-4/h5-10H,1-4H3. The first-order valence-electron chi connectivity index (χ1n) is 6.69. The van der Waals surface area contributed by atoms with Crippen LogP contribution in [-0.4, -0.2) is 23.2 Å². The van der Waals surface area contributed by atoms with Crippen LogP contribution in [0.5, 0.6) is 5.75 Å². The minimum atomic E-state index is -0.381. The van der Waals surface area contributed by atoms with Gasteiger partial charge in [0.05, 0.1) is 12.7 Å². The molecule has 0 spiro atoms. The van der Waals surface area contributed by atoms with E-state index in [-0.39, 0.29) is 18.0 Å². The second-order valence-corrected chi connectivity index (χ2v) is 4.92. The molecule has 0 aliphatic heterocycles. The number of ether oxygens (including phenoxy) is 2. The molecule has 2 aromatic rings. The molecule has 0 N–H and O–H groups in total. The van der Waals surface area contributed by atoms with Gasteiger partial charge in [-0.1, -0.05) is 19.0 Å². The maximum Gasteiger partial charge on any atom is 0.337 e. The monoisotopic (exact) mass is 290 g/mol. The Labute approximate surface area is 123 Å². The van der Waals surface area contributed by atoms with E-state index in [4.69, 9.17) is 9.26 Å². The van der Waals surface area contributed by atoms with Gasteiger partial charge in [-0.25, -0.2) is 4.79 Å². The summed E-state index contributed by atoms with van der Waals surface area (Å²) in [4.78, 5) is 15.6. The van der Waals surface area contributed by atoms with Crippen LogP contribution in [0.15, 0.2) is 28.8 Å². The smallest absolute Gasteiger partial charge is 0.337 e. The maximum atomic E-state index is 11.3. The van der Waals surface area contributed by atoms with Crippen molar-refractivity contribution in [3.05, 3.63) is 41.5 Å². The van der Waals surface area contributed by atoms with Crippen molar-refractivity contribution in [2.24, 2.45) is 0 Å². The van der Waals surface area contributed by atoms with E-state index >= 15 is 0 Å². The number of benzene rings is 1. The van der Waals surface area contributed by atoms with E-state index in [9.17, 15) is 4.79 Å². The highest BCUT2D eigenvalue weighted by atomic mass is 16.5. The molecule has 1 aromatic heterocycles. The molecule has 112 valence electrons. The highest BCUT2D eigenvalue weighted by Gasteiger charge is 2.17. The van der Waals surface area contributed by atoms with E-state index in [1.807, 2.05) is 20.8 Å². The Bertz CT molecular complexity index is 604. The summed E-state index contributed by atoms with van der Waals surface area (Å²) >= 11 is 0. The lowest BCUT2D eigenvalue weighted by Gasteiger charge is -2.10. The van der Waals surface area contributed by atoms with Crippen molar-refractivity contribution in [3.63, 3.8) is 0 Å². The molecule has 0 fully saturated rings. The summed E-state index contributed by atoms with van der Waals surface area (Å²) in [6.45, 7) is 5.81. The van der Waals surface area contributed by atoms with Crippen LogP contribution in [0, 0.1) is 0 Å². The largest absolute Gasteiger partial charge is 0.481 e. The van der Waals surface area contributed by atoms with Crippen LogP contribution in [0.3, 0.4) is 0 Å². The average molecular weight is 290 g/mol. The Kier molecular flexibility index (Phi) is 4.57. The molecule has 6 nitrogen and oxygen atoms in total. The van der Waals surface area contributed by atoms with E-state index in [0.29, 0.717) is 23.0 Å². The molecule has 0 aliphatic carbocycles. The summed E-state index contributed by atoms with van der Waals surface area (Å²) in [7, 11) is 1.34. The summed E-state index contributed by atoms with van der Waals surface area (Å²) in [5.41, 5.74) is 0.470. The fourth-order valence-electron chi connectivity index (χ4n) is 1.69. The predicted octanol–water partition coefficient (Wildman–Crippen LogP) is 3.12. The Balaban J connectivity index is 2.04. The normalized spacial score (nSPS) is 12.2. The van der Waals surface area contributed by atoms with Crippen LogP contribution in [-0.2, 0) is 4.74 Å². The van der Waals surface area contributed by atoms with Crippen molar-refractivity contribution in [1.82, 2.24) is 10.1 Å². The number of carbonyl (C=O) groups excluding carboxylic acids is 1. The highest BCUT2D eigenvalue weighted by Crippen LogP contribution is 2.22. The number of rotatable bonds is 5. The zero-order chi connectivity index (χ0) is 15.4. The van der Waals surface area contributed by atoms with Crippen molar-refractivity contribution in [2.45, 2.75) is 32.8 Å². The Morgan fingerprint density at radius 2 is 1.86 bits per heavy atom. The second kappa shape index (κ2) is 6.39. The summed E-state index contributed by atoms with van der Waals surface area (Å²) < 4.78 is 15.5. The number of carbonyl (C=O) groups is 1. The SMILES string of the molecule is COC(=O)c1ccc(OC(C)c2nc(C(C)C)no2)cc1. The van der Waals surface area contributed by atoms with Crippen molar-refractivity contribution < 1.29 is 18.8 Å². The van der Waals surface area contributed by atoms with Gasteiger partial charge < -0.3 is 14.0 Å². The molecular weight excluding hydrogens is 272 g/mol. The Hall–Kier alpha value is -2.37. The molecule has 21 heavy (non-hydrogen) atoms. The summed E-state index contributed by atoms with van der Waals surface area (Å²) in [5, 5.41) is 3.90. The number of hydrogen-bond acceptors (Lipinski definition) is 6. The minimum Gasteiger partial charge on any atom is -0.481 e. The Morgan fingerprint density at radius 1 is 1.19 bits per heavy atom. The van der Waals surface area contributed by atoms with Crippen LogP contribution in [0.4, 0.5) is 0 Å².